The third-order valence-electron chi connectivity index (χ3n) is 2.69. The molecule has 1 atom stereocenters. The molecule has 0 saturated carbocycles. The fraction of sp³-hybridized carbons (Fsp3) is 0.545. The minimum absolute atomic E-state index is 0.0856. The van der Waals surface area contributed by atoms with Crippen LogP contribution in [-0.4, -0.2) is 28.3 Å². The van der Waals surface area contributed by atoms with E-state index < -0.39 is 0 Å². The smallest absolute Gasteiger partial charge is 0.184 e. The predicted octanol–water partition coefficient (Wildman–Crippen LogP) is 1.19. The summed E-state index contributed by atoms with van der Waals surface area (Å²) in [5, 5.41) is 3.35. The SMILES string of the molecule is O=C(CC1CCCCN1)c1cnccn1. The van der Waals surface area contributed by atoms with Crippen molar-refractivity contribution in [1.29, 1.82) is 0 Å². The number of hydrogen-bond donors (Lipinski definition) is 1. The van der Waals surface area contributed by atoms with E-state index in [0.717, 1.165) is 13.0 Å². The summed E-state index contributed by atoms with van der Waals surface area (Å²) in [6.45, 7) is 1.03. The van der Waals surface area contributed by atoms with Crippen molar-refractivity contribution in [2.75, 3.05) is 6.54 Å². The molecule has 15 heavy (non-hydrogen) atoms. The highest BCUT2D eigenvalue weighted by atomic mass is 16.1. The molecule has 4 heteroatoms. The molecule has 1 aliphatic heterocycles. The first kappa shape index (κ1) is 10.2. The van der Waals surface area contributed by atoms with E-state index in [9.17, 15) is 4.79 Å². The second-order valence-electron chi connectivity index (χ2n) is 3.86. The van der Waals surface area contributed by atoms with Crippen LogP contribution in [0.1, 0.15) is 36.2 Å². The number of Topliss-reactive ketones (excluding diaryl/α,β-unsaturated/α-hetero) is 1. The van der Waals surface area contributed by atoms with Crippen LogP contribution < -0.4 is 5.32 Å². The summed E-state index contributed by atoms with van der Waals surface area (Å²) in [7, 11) is 0. The molecule has 0 aliphatic carbocycles. The number of piperidine rings is 1. The highest BCUT2D eigenvalue weighted by Crippen LogP contribution is 2.12. The molecule has 0 radical (unpaired) electrons. The molecule has 1 saturated heterocycles. The average molecular weight is 205 g/mol. The van der Waals surface area contributed by atoms with Crippen molar-refractivity contribution in [3.05, 3.63) is 24.3 Å². The van der Waals surface area contributed by atoms with Crippen molar-refractivity contribution in [3.63, 3.8) is 0 Å². The van der Waals surface area contributed by atoms with E-state index in [0.29, 0.717) is 18.2 Å². The van der Waals surface area contributed by atoms with E-state index in [1.54, 1.807) is 12.4 Å². The van der Waals surface area contributed by atoms with E-state index in [-0.39, 0.29) is 5.78 Å². The first-order chi connectivity index (χ1) is 7.36. The number of carbonyl (C=O) groups excluding carboxylic acids is 1. The second-order valence-corrected chi connectivity index (χ2v) is 3.86. The van der Waals surface area contributed by atoms with Gasteiger partial charge in [-0.25, -0.2) is 4.98 Å². The lowest BCUT2D eigenvalue weighted by Crippen LogP contribution is -2.35. The molecule has 4 nitrogen and oxygen atoms in total. The van der Waals surface area contributed by atoms with E-state index in [1.165, 1.54) is 19.0 Å². The van der Waals surface area contributed by atoms with Crippen molar-refractivity contribution >= 4 is 5.78 Å². The zero-order valence-corrected chi connectivity index (χ0v) is 8.65. The molecule has 2 heterocycles. The van der Waals surface area contributed by atoms with Crippen LogP contribution in [0.3, 0.4) is 0 Å². The highest BCUT2D eigenvalue weighted by molar-refractivity contribution is 5.94. The van der Waals surface area contributed by atoms with Gasteiger partial charge in [-0.3, -0.25) is 9.78 Å². The Morgan fingerprint density at radius 1 is 1.47 bits per heavy atom. The van der Waals surface area contributed by atoms with Crippen LogP contribution in [0.15, 0.2) is 18.6 Å². The summed E-state index contributed by atoms with van der Waals surface area (Å²) in [4.78, 5) is 19.7. The molecule has 1 aliphatic rings. The van der Waals surface area contributed by atoms with Gasteiger partial charge in [0, 0.05) is 24.9 Å². The lowest BCUT2D eigenvalue weighted by molar-refractivity contribution is 0.0958. The Balaban J connectivity index is 1.91. The van der Waals surface area contributed by atoms with Gasteiger partial charge in [-0.05, 0) is 19.4 Å². The van der Waals surface area contributed by atoms with Crippen molar-refractivity contribution in [3.8, 4) is 0 Å². The third-order valence-corrected chi connectivity index (χ3v) is 2.69. The quantitative estimate of drug-likeness (QED) is 0.753. The monoisotopic (exact) mass is 205 g/mol. The number of aromatic nitrogens is 2. The summed E-state index contributed by atoms with van der Waals surface area (Å²) >= 11 is 0. The number of rotatable bonds is 3. The highest BCUT2D eigenvalue weighted by Gasteiger charge is 2.17. The molecular weight excluding hydrogens is 190 g/mol. The van der Waals surface area contributed by atoms with Crippen LogP contribution in [-0.2, 0) is 0 Å². The van der Waals surface area contributed by atoms with Gasteiger partial charge in [0.15, 0.2) is 5.78 Å². The zero-order valence-electron chi connectivity index (χ0n) is 8.65. The Morgan fingerprint density at radius 2 is 2.40 bits per heavy atom. The van der Waals surface area contributed by atoms with E-state index in [4.69, 9.17) is 0 Å². The fourth-order valence-electron chi connectivity index (χ4n) is 1.87. The molecule has 1 aromatic rings. The minimum atomic E-state index is 0.0856. The largest absolute Gasteiger partial charge is 0.314 e. The normalized spacial score (nSPS) is 21.2. The van der Waals surface area contributed by atoms with Gasteiger partial charge in [-0.2, -0.15) is 0 Å². The zero-order chi connectivity index (χ0) is 10.5. The molecule has 0 bridgehead atoms. The van der Waals surface area contributed by atoms with Crippen LogP contribution in [0.4, 0.5) is 0 Å². The Hall–Kier alpha value is -1.29. The van der Waals surface area contributed by atoms with Gasteiger partial charge in [0.2, 0.25) is 0 Å². The molecule has 1 N–H and O–H groups in total. The molecule has 1 aromatic heterocycles. The fourth-order valence-corrected chi connectivity index (χ4v) is 1.87. The van der Waals surface area contributed by atoms with Crippen LogP contribution in [0, 0.1) is 0 Å². The van der Waals surface area contributed by atoms with Gasteiger partial charge >= 0.3 is 0 Å². The molecule has 0 spiro atoms. The van der Waals surface area contributed by atoms with Crippen molar-refractivity contribution in [2.24, 2.45) is 0 Å². The van der Waals surface area contributed by atoms with E-state index >= 15 is 0 Å². The van der Waals surface area contributed by atoms with Crippen LogP contribution >= 0.6 is 0 Å². The summed E-state index contributed by atoms with van der Waals surface area (Å²) in [6, 6.07) is 0.327. The number of carbonyl (C=O) groups is 1. The topological polar surface area (TPSA) is 54.9 Å². The molecule has 1 fully saturated rings. The number of ketones is 1. The first-order valence-electron chi connectivity index (χ1n) is 5.39. The number of nitrogens with zero attached hydrogens (tertiary/aromatic N) is 2. The predicted molar refractivity (Wildman–Crippen MR) is 56.6 cm³/mol. The Morgan fingerprint density at radius 3 is 3.07 bits per heavy atom. The maximum atomic E-state index is 11.8. The Bertz CT molecular complexity index is 320. The molecule has 0 aromatic carbocycles. The van der Waals surface area contributed by atoms with Crippen LogP contribution in [0.2, 0.25) is 0 Å². The van der Waals surface area contributed by atoms with Gasteiger partial charge in [0.1, 0.15) is 5.69 Å². The van der Waals surface area contributed by atoms with Crippen LogP contribution in [0.25, 0.3) is 0 Å². The van der Waals surface area contributed by atoms with Crippen molar-refractivity contribution < 1.29 is 4.79 Å². The molecule has 2 rings (SSSR count). The second kappa shape index (κ2) is 4.98. The minimum Gasteiger partial charge on any atom is -0.314 e. The summed E-state index contributed by atoms with van der Waals surface area (Å²) in [5.74, 6) is 0.0856. The van der Waals surface area contributed by atoms with Gasteiger partial charge in [-0.15, -0.1) is 0 Å². The lowest BCUT2D eigenvalue weighted by atomic mass is 9.99. The summed E-state index contributed by atoms with van der Waals surface area (Å²) < 4.78 is 0. The molecule has 0 amide bonds. The van der Waals surface area contributed by atoms with Gasteiger partial charge < -0.3 is 5.32 Å². The average Bonchev–Trinajstić information content (AvgIpc) is 2.31. The Kier molecular flexibility index (Phi) is 3.40. The molecule has 80 valence electrons. The molecular formula is C11H15N3O. The number of nitrogens with one attached hydrogen (secondary N) is 1. The number of hydrogen-bond acceptors (Lipinski definition) is 4. The van der Waals surface area contributed by atoms with Gasteiger partial charge in [0.25, 0.3) is 0 Å². The van der Waals surface area contributed by atoms with E-state index in [2.05, 4.69) is 15.3 Å². The van der Waals surface area contributed by atoms with Crippen molar-refractivity contribution in [2.45, 2.75) is 31.7 Å². The van der Waals surface area contributed by atoms with Crippen molar-refractivity contribution in [1.82, 2.24) is 15.3 Å². The maximum Gasteiger partial charge on any atom is 0.184 e. The summed E-state index contributed by atoms with van der Waals surface area (Å²) in [6.07, 6.45) is 8.73. The molecule has 1 unspecified atom stereocenters. The lowest BCUT2D eigenvalue weighted by Gasteiger charge is -2.22. The van der Waals surface area contributed by atoms with Crippen LogP contribution in [0.5, 0.6) is 0 Å². The van der Waals surface area contributed by atoms with Gasteiger partial charge in [0.05, 0.1) is 6.20 Å². The van der Waals surface area contributed by atoms with E-state index in [1.807, 2.05) is 0 Å². The standard InChI is InChI=1S/C11H15N3O/c15-11(10-8-12-5-6-14-10)7-9-3-1-2-4-13-9/h5-6,8-9,13H,1-4,7H2. The Labute approximate surface area is 89.1 Å². The third kappa shape index (κ3) is 2.83. The summed E-state index contributed by atoms with van der Waals surface area (Å²) in [5.41, 5.74) is 0.477. The van der Waals surface area contributed by atoms with Gasteiger partial charge in [-0.1, -0.05) is 6.42 Å². The first-order valence-corrected chi connectivity index (χ1v) is 5.39. The maximum absolute atomic E-state index is 11.8.